The van der Waals surface area contributed by atoms with Gasteiger partial charge in [-0.1, -0.05) is 39.8 Å². The monoisotopic (exact) mass is 286 g/mol. The van der Waals surface area contributed by atoms with E-state index in [0.29, 0.717) is 17.9 Å². The minimum absolute atomic E-state index is 0.481. The van der Waals surface area contributed by atoms with Crippen LogP contribution >= 0.6 is 0 Å². The molecule has 4 nitrogen and oxygen atoms in total. The van der Waals surface area contributed by atoms with Crippen molar-refractivity contribution in [2.45, 2.75) is 46.6 Å². The summed E-state index contributed by atoms with van der Waals surface area (Å²) < 4.78 is 1.81. The SMILES string of the molecule is CC(C)CC(CC(C)C)Nc1ccccc1-n1cncn1. The van der Waals surface area contributed by atoms with E-state index in [4.69, 9.17) is 0 Å². The van der Waals surface area contributed by atoms with E-state index in [1.54, 1.807) is 12.7 Å². The van der Waals surface area contributed by atoms with Crippen LogP contribution in [0.15, 0.2) is 36.9 Å². The van der Waals surface area contributed by atoms with Gasteiger partial charge in [0.05, 0.1) is 11.4 Å². The van der Waals surface area contributed by atoms with Crippen molar-refractivity contribution in [2.75, 3.05) is 5.32 Å². The van der Waals surface area contributed by atoms with E-state index in [-0.39, 0.29) is 0 Å². The maximum Gasteiger partial charge on any atom is 0.138 e. The van der Waals surface area contributed by atoms with Crippen LogP contribution in [0.1, 0.15) is 40.5 Å². The van der Waals surface area contributed by atoms with Crippen LogP contribution in [0.25, 0.3) is 5.69 Å². The second-order valence-electron chi connectivity index (χ2n) is 6.46. The summed E-state index contributed by atoms with van der Waals surface area (Å²) in [7, 11) is 0. The third kappa shape index (κ3) is 4.59. The minimum Gasteiger partial charge on any atom is -0.381 e. The van der Waals surface area contributed by atoms with Crippen LogP contribution in [-0.2, 0) is 0 Å². The molecule has 114 valence electrons. The molecule has 21 heavy (non-hydrogen) atoms. The Morgan fingerprint density at radius 3 is 2.29 bits per heavy atom. The van der Waals surface area contributed by atoms with E-state index in [2.05, 4.69) is 61.3 Å². The Balaban J connectivity index is 2.20. The fraction of sp³-hybridized carbons (Fsp3) is 0.529. The Morgan fingerprint density at radius 2 is 1.71 bits per heavy atom. The molecule has 0 unspecified atom stereocenters. The molecule has 0 aliphatic carbocycles. The molecule has 0 radical (unpaired) electrons. The molecule has 0 saturated heterocycles. The van der Waals surface area contributed by atoms with E-state index in [0.717, 1.165) is 11.4 Å². The molecule has 0 atom stereocenters. The van der Waals surface area contributed by atoms with Gasteiger partial charge < -0.3 is 5.32 Å². The molecule has 1 aromatic carbocycles. The minimum atomic E-state index is 0.481. The summed E-state index contributed by atoms with van der Waals surface area (Å²) in [6, 6.07) is 8.76. The van der Waals surface area contributed by atoms with Gasteiger partial charge in [-0.05, 0) is 36.8 Å². The first-order valence-electron chi connectivity index (χ1n) is 7.76. The molecule has 0 spiro atoms. The number of hydrogen-bond acceptors (Lipinski definition) is 3. The molecule has 4 heteroatoms. The zero-order chi connectivity index (χ0) is 15.2. The van der Waals surface area contributed by atoms with Crippen molar-refractivity contribution in [1.82, 2.24) is 14.8 Å². The summed E-state index contributed by atoms with van der Waals surface area (Å²) in [6.07, 6.45) is 5.64. The second-order valence-corrected chi connectivity index (χ2v) is 6.46. The predicted octanol–water partition coefficient (Wildman–Crippen LogP) is 4.14. The molecular formula is C17H26N4. The van der Waals surface area contributed by atoms with Gasteiger partial charge in [0.1, 0.15) is 12.7 Å². The van der Waals surface area contributed by atoms with Crippen LogP contribution < -0.4 is 5.32 Å². The van der Waals surface area contributed by atoms with Crippen LogP contribution in [0.5, 0.6) is 0 Å². The Bertz CT molecular complexity index is 521. The number of aromatic nitrogens is 3. The summed E-state index contributed by atoms with van der Waals surface area (Å²) in [5, 5.41) is 7.95. The molecule has 1 heterocycles. The van der Waals surface area contributed by atoms with Gasteiger partial charge >= 0.3 is 0 Å². The zero-order valence-corrected chi connectivity index (χ0v) is 13.5. The normalized spacial score (nSPS) is 11.6. The van der Waals surface area contributed by atoms with Gasteiger partial charge in [-0.3, -0.25) is 0 Å². The highest BCUT2D eigenvalue weighted by molar-refractivity contribution is 5.60. The van der Waals surface area contributed by atoms with Gasteiger partial charge in [0.25, 0.3) is 0 Å². The summed E-state index contributed by atoms with van der Waals surface area (Å²) >= 11 is 0. The van der Waals surface area contributed by atoms with Crippen molar-refractivity contribution in [3.63, 3.8) is 0 Å². The maximum absolute atomic E-state index is 4.24. The number of para-hydroxylation sites is 2. The third-order valence-electron chi connectivity index (χ3n) is 3.44. The first-order chi connectivity index (χ1) is 10.1. The lowest BCUT2D eigenvalue weighted by Gasteiger charge is -2.24. The van der Waals surface area contributed by atoms with Gasteiger partial charge in [0, 0.05) is 6.04 Å². The molecule has 0 fully saturated rings. The lowest BCUT2D eigenvalue weighted by atomic mass is 9.95. The van der Waals surface area contributed by atoms with E-state index in [1.807, 2.05) is 10.7 Å². The van der Waals surface area contributed by atoms with Gasteiger partial charge in [-0.15, -0.1) is 0 Å². The predicted molar refractivity (Wildman–Crippen MR) is 87.7 cm³/mol. The highest BCUT2D eigenvalue weighted by Gasteiger charge is 2.15. The Morgan fingerprint density at radius 1 is 1.05 bits per heavy atom. The smallest absolute Gasteiger partial charge is 0.138 e. The molecule has 1 aromatic heterocycles. The van der Waals surface area contributed by atoms with Crippen LogP contribution in [0, 0.1) is 11.8 Å². The molecule has 0 bridgehead atoms. The van der Waals surface area contributed by atoms with Gasteiger partial charge in [-0.25, -0.2) is 9.67 Å². The standard InChI is InChI=1S/C17H26N4/c1-13(2)9-15(10-14(3)4)20-16-7-5-6-8-17(16)21-12-18-11-19-21/h5-8,11-15,20H,9-10H2,1-4H3. The summed E-state index contributed by atoms with van der Waals surface area (Å²) in [4.78, 5) is 4.04. The van der Waals surface area contributed by atoms with Crippen molar-refractivity contribution in [2.24, 2.45) is 11.8 Å². The molecular weight excluding hydrogens is 260 g/mol. The molecule has 2 rings (SSSR count). The highest BCUT2D eigenvalue weighted by atomic mass is 15.3. The summed E-state index contributed by atoms with van der Waals surface area (Å²) in [5.74, 6) is 1.36. The third-order valence-corrected chi connectivity index (χ3v) is 3.44. The number of nitrogens with zero attached hydrogens (tertiary/aromatic N) is 3. The summed E-state index contributed by atoms with van der Waals surface area (Å²) in [5.41, 5.74) is 2.17. The van der Waals surface area contributed by atoms with Crippen LogP contribution in [-0.4, -0.2) is 20.8 Å². The number of anilines is 1. The number of nitrogens with one attached hydrogen (secondary N) is 1. The van der Waals surface area contributed by atoms with Crippen molar-refractivity contribution in [1.29, 1.82) is 0 Å². The van der Waals surface area contributed by atoms with Crippen LogP contribution in [0.4, 0.5) is 5.69 Å². The lowest BCUT2D eigenvalue weighted by molar-refractivity contribution is 0.442. The van der Waals surface area contributed by atoms with Gasteiger partial charge in [-0.2, -0.15) is 5.10 Å². The molecule has 0 saturated carbocycles. The second kappa shape index (κ2) is 7.25. The average Bonchev–Trinajstić information content (AvgIpc) is 2.91. The Hall–Kier alpha value is -1.84. The topological polar surface area (TPSA) is 42.7 Å². The van der Waals surface area contributed by atoms with Crippen molar-refractivity contribution in [3.05, 3.63) is 36.9 Å². The van der Waals surface area contributed by atoms with Crippen molar-refractivity contribution >= 4 is 5.69 Å². The summed E-state index contributed by atoms with van der Waals surface area (Å²) in [6.45, 7) is 9.10. The molecule has 0 aliphatic heterocycles. The fourth-order valence-electron chi connectivity index (χ4n) is 2.70. The molecule has 1 N–H and O–H groups in total. The Labute approximate surface area is 127 Å². The average molecular weight is 286 g/mol. The quantitative estimate of drug-likeness (QED) is 0.832. The fourth-order valence-corrected chi connectivity index (χ4v) is 2.70. The molecule has 0 aliphatic rings. The maximum atomic E-state index is 4.24. The van der Waals surface area contributed by atoms with Crippen LogP contribution in [0.2, 0.25) is 0 Å². The van der Waals surface area contributed by atoms with Gasteiger partial charge in [0.15, 0.2) is 0 Å². The number of benzene rings is 1. The number of rotatable bonds is 7. The zero-order valence-electron chi connectivity index (χ0n) is 13.5. The van der Waals surface area contributed by atoms with Crippen molar-refractivity contribution in [3.8, 4) is 5.69 Å². The molecule has 0 amide bonds. The van der Waals surface area contributed by atoms with E-state index < -0.39 is 0 Å². The van der Waals surface area contributed by atoms with Gasteiger partial charge in [0.2, 0.25) is 0 Å². The largest absolute Gasteiger partial charge is 0.381 e. The van der Waals surface area contributed by atoms with E-state index in [9.17, 15) is 0 Å². The number of hydrogen-bond donors (Lipinski definition) is 1. The van der Waals surface area contributed by atoms with Crippen LogP contribution in [0.3, 0.4) is 0 Å². The van der Waals surface area contributed by atoms with Crippen molar-refractivity contribution < 1.29 is 0 Å². The first kappa shape index (κ1) is 15.5. The van der Waals surface area contributed by atoms with E-state index >= 15 is 0 Å². The van der Waals surface area contributed by atoms with E-state index in [1.165, 1.54) is 12.8 Å². The molecule has 2 aromatic rings. The first-order valence-corrected chi connectivity index (χ1v) is 7.76. The Kier molecular flexibility index (Phi) is 5.37. The lowest BCUT2D eigenvalue weighted by Crippen LogP contribution is -2.24. The highest BCUT2D eigenvalue weighted by Crippen LogP contribution is 2.23.